The zero-order valence-corrected chi connectivity index (χ0v) is 12.4. The van der Waals surface area contributed by atoms with Gasteiger partial charge in [0, 0.05) is 26.2 Å². The molecule has 2 N–H and O–H groups in total. The molecule has 1 aliphatic heterocycles. The smallest absolute Gasteiger partial charge is 0.0594 e. The first-order valence-corrected chi connectivity index (χ1v) is 7.13. The first kappa shape index (κ1) is 14.5. The summed E-state index contributed by atoms with van der Waals surface area (Å²) in [5.74, 6) is 0. The number of fused-ring (bicyclic) bond motifs is 1. The predicted molar refractivity (Wildman–Crippen MR) is 79.1 cm³/mol. The van der Waals surface area contributed by atoms with E-state index in [1.807, 2.05) is 0 Å². The molecule has 1 aliphatic rings. The van der Waals surface area contributed by atoms with E-state index in [2.05, 4.69) is 43.9 Å². The third kappa shape index (κ3) is 3.78. The zero-order chi connectivity index (χ0) is 13.9. The van der Waals surface area contributed by atoms with Crippen LogP contribution in [-0.4, -0.2) is 31.2 Å². The standard InChI is InChI=1S/C16H26N2O/c1-16(2,3)15-5-4-13-11-18(12-14(13)10-15)7-9-19-8-6-17/h4-5,10H,6-9,11-12,17H2,1-3H3. The van der Waals surface area contributed by atoms with Crippen molar-refractivity contribution in [1.29, 1.82) is 0 Å². The highest BCUT2D eigenvalue weighted by molar-refractivity contribution is 5.37. The second kappa shape index (κ2) is 6.04. The number of nitrogens with two attached hydrogens (primary N) is 1. The van der Waals surface area contributed by atoms with Crippen LogP contribution in [0.15, 0.2) is 18.2 Å². The molecule has 0 saturated carbocycles. The summed E-state index contributed by atoms with van der Waals surface area (Å²) < 4.78 is 5.45. The molecular weight excluding hydrogens is 236 g/mol. The summed E-state index contributed by atoms with van der Waals surface area (Å²) in [6.45, 7) is 11.9. The number of hydrogen-bond donors (Lipinski definition) is 1. The van der Waals surface area contributed by atoms with Crippen LogP contribution in [0.4, 0.5) is 0 Å². The highest BCUT2D eigenvalue weighted by Crippen LogP contribution is 2.29. The van der Waals surface area contributed by atoms with Crippen molar-refractivity contribution < 1.29 is 4.74 Å². The number of hydrogen-bond acceptors (Lipinski definition) is 3. The fourth-order valence-corrected chi connectivity index (χ4v) is 2.47. The van der Waals surface area contributed by atoms with Crippen LogP contribution in [0.5, 0.6) is 0 Å². The molecule has 0 atom stereocenters. The Morgan fingerprint density at radius 3 is 2.58 bits per heavy atom. The van der Waals surface area contributed by atoms with Gasteiger partial charge in [0.2, 0.25) is 0 Å². The van der Waals surface area contributed by atoms with Crippen LogP contribution in [0.3, 0.4) is 0 Å². The van der Waals surface area contributed by atoms with Gasteiger partial charge in [-0.3, -0.25) is 4.90 Å². The van der Waals surface area contributed by atoms with Crippen LogP contribution in [0.1, 0.15) is 37.5 Å². The van der Waals surface area contributed by atoms with Crippen molar-refractivity contribution in [3.05, 3.63) is 34.9 Å². The maximum atomic E-state index is 5.45. The normalized spacial score (nSPS) is 15.8. The van der Waals surface area contributed by atoms with Crippen LogP contribution >= 0.6 is 0 Å². The van der Waals surface area contributed by atoms with Gasteiger partial charge in [-0.1, -0.05) is 39.0 Å². The van der Waals surface area contributed by atoms with Crippen molar-refractivity contribution in [2.45, 2.75) is 39.3 Å². The Morgan fingerprint density at radius 2 is 1.89 bits per heavy atom. The average molecular weight is 262 g/mol. The average Bonchev–Trinajstić information content (AvgIpc) is 2.75. The van der Waals surface area contributed by atoms with Gasteiger partial charge in [-0.25, -0.2) is 0 Å². The Bertz CT molecular complexity index is 423. The SMILES string of the molecule is CC(C)(C)c1ccc2c(c1)CN(CCOCCN)C2. The maximum absolute atomic E-state index is 5.45. The largest absolute Gasteiger partial charge is 0.379 e. The Balaban J connectivity index is 1.93. The number of ether oxygens (including phenoxy) is 1. The lowest BCUT2D eigenvalue weighted by Crippen LogP contribution is -2.23. The quantitative estimate of drug-likeness (QED) is 0.827. The molecule has 2 rings (SSSR count). The van der Waals surface area contributed by atoms with Gasteiger partial charge in [0.25, 0.3) is 0 Å². The molecule has 106 valence electrons. The van der Waals surface area contributed by atoms with E-state index in [-0.39, 0.29) is 5.41 Å². The molecule has 3 heteroatoms. The molecule has 0 fully saturated rings. The zero-order valence-electron chi connectivity index (χ0n) is 12.4. The minimum absolute atomic E-state index is 0.229. The van der Waals surface area contributed by atoms with Gasteiger partial charge in [0.05, 0.1) is 13.2 Å². The van der Waals surface area contributed by atoms with Gasteiger partial charge in [-0.05, 0) is 22.1 Å². The third-order valence-corrected chi connectivity index (χ3v) is 3.67. The first-order valence-electron chi connectivity index (χ1n) is 7.13. The monoisotopic (exact) mass is 262 g/mol. The van der Waals surface area contributed by atoms with Crippen molar-refractivity contribution in [3.8, 4) is 0 Å². The number of rotatable bonds is 5. The predicted octanol–water partition coefficient (Wildman–Crippen LogP) is 2.28. The number of benzene rings is 1. The van der Waals surface area contributed by atoms with E-state index in [1.165, 1.54) is 16.7 Å². The highest BCUT2D eigenvalue weighted by atomic mass is 16.5. The first-order chi connectivity index (χ1) is 9.00. The van der Waals surface area contributed by atoms with E-state index >= 15 is 0 Å². The summed E-state index contributed by atoms with van der Waals surface area (Å²) in [7, 11) is 0. The molecule has 0 bridgehead atoms. The second-order valence-electron chi connectivity index (χ2n) is 6.35. The molecule has 0 unspecified atom stereocenters. The topological polar surface area (TPSA) is 38.5 Å². The van der Waals surface area contributed by atoms with E-state index in [9.17, 15) is 0 Å². The molecule has 0 spiro atoms. The summed E-state index contributed by atoms with van der Waals surface area (Å²) in [6, 6.07) is 6.93. The Labute approximate surface area is 116 Å². The van der Waals surface area contributed by atoms with Gasteiger partial charge in [-0.15, -0.1) is 0 Å². The molecule has 3 nitrogen and oxygen atoms in total. The minimum Gasteiger partial charge on any atom is -0.379 e. The Morgan fingerprint density at radius 1 is 1.16 bits per heavy atom. The molecule has 1 aromatic rings. The van der Waals surface area contributed by atoms with E-state index in [4.69, 9.17) is 10.5 Å². The van der Waals surface area contributed by atoms with Crippen molar-refractivity contribution in [2.24, 2.45) is 5.73 Å². The fourth-order valence-electron chi connectivity index (χ4n) is 2.47. The summed E-state index contributed by atoms with van der Waals surface area (Å²) in [6.07, 6.45) is 0. The summed E-state index contributed by atoms with van der Waals surface area (Å²) in [4.78, 5) is 2.44. The van der Waals surface area contributed by atoms with Crippen LogP contribution in [0, 0.1) is 0 Å². The van der Waals surface area contributed by atoms with Crippen molar-refractivity contribution >= 4 is 0 Å². The molecule has 1 heterocycles. The molecule has 0 amide bonds. The Hall–Kier alpha value is -0.900. The number of nitrogens with zero attached hydrogens (tertiary/aromatic N) is 1. The van der Waals surface area contributed by atoms with E-state index in [1.54, 1.807) is 0 Å². The lowest BCUT2D eigenvalue weighted by atomic mass is 9.85. The van der Waals surface area contributed by atoms with Crippen molar-refractivity contribution in [3.63, 3.8) is 0 Å². The van der Waals surface area contributed by atoms with Crippen LogP contribution in [-0.2, 0) is 23.2 Å². The fraction of sp³-hybridized carbons (Fsp3) is 0.625. The minimum atomic E-state index is 0.229. The van der Waals surface area contributed by atoms with Gasteiger partial charge in [-0.2, -0.15) is 0 Å². The van der Waals surface area contributed by atoms with Gasteiger partial charge < -0.3 is 10.5 Å². The molecule has 19 heavy (non-hydrogen) atoms. The molecule has 1 aromatic carbocycles. The molecule has 0 radical (unpaired) electrons. The molecule has 0 aromatic heterocycles. The van der Waals surface area contributed by atoms with E-state index < -0.39 is 0 Å². The van der Waals surface area contributed by atoms with Crippen LogP contribution < -0.4 is 5.73 Å². The van der Waals surface area contributed by atoms with Gasteiger partial charge in [0.15, 0.2) is 0 Å². The van der Waals surface area contributed by atoms with Gasteiger partial charge in [0.1, 0.15) is 0 Å². The lowest BCUT2D eigenvalue weighted by Gasteiger charge is -2.19. The summed E-state index contributed by atoms with van der Waals surface area (Å²) in [5, 5.41) is 0. The second-order valence-corrected chi connectivity index (χ2v) is 6.35. The lowest BCUT2D eigenvalue weighted by molar-refractivity contribution is 0.108. The van der Waals surface area contributed by atoms with Crippen LogP contribution in [0.25, 0.3) is 0 Å². The van der Waals surface area contributed by atoms with E-state index in [0.29, 0.717) is 13.2 Å². The molecular formula is C16H26N2O. The molecule has 0 saturated heterocycles. The summed E-state index contributed by atoms with van der Waals surface area (Å²) in [5.41, 5.74) is 10.0. The van der Waals surface area contributed by atoms with Gasteiger partial charge >= 0.3 is 0 Å². The maximum Gasteiger partial charge on any atom is 0.0594 e. The Kier molecular flexibility index (Phi) is 4.61. The van der Waals surface area contributed by atoms with Crippen molar-refractivity contribution in [2.75, 3.05) is 26.3 Å². The van der Waals surface area contributed by atoms with E-state index in [0.717, 1.165) is 26.2 Å². The molecule has 0 aliphatic carbocycles. The summed E-state index contributed by atoms with van der Waals surface area (Å²) >= 11 is 0. The highest BCUT2D eigenvalue weighted by Gasteiger charge is 2.21. The third-order valence-electron chi connectivity index (χ3n) is 3.67. The van der Waals surface area contributed by atoms with Crippen LogP contribution in [0.2, 0.25) is 0 Å². The van der Waals surface area contributed by atoms with Crippen molar-refractivity contribution in [1.82, 2.24) is 4.90 Å².